The molecule has 1 heterocycles. The Morgan fingerprint density at radius 3 is 2.52 bits per heavy atom. The second-order valence-electron chi connectivity index (χ2n) is 4.99. The third kappa shape index (κ3) is 4.42. The summed E-state index contributed by atoms with van der Waals surface area (Å²) in [6, 6.07) is 10.1. The van der Waals surface area contributed by atoms with Gasteiger partial charge in [0.05, 0.1) is 11.2 Å². The van der Waals surface area contributed by atoms with E-state index < -0.39 is 10.0 Å². The molecule has 0 aliphatic heterocycles. The first-order valence-electron chi connectivity index (χ1n) is 6.85. The lowest BCUT2D eigenvalue weighted by Crippen LogP contribution is -2.32. The van der Waals surface area contributed by atoms with E-state index in [0.717, 1.165) is 11.3 Å². The Balaban J connectivity index is 1.95. The Morgan fingerprint density at radius 2 is 1.95 bits per heavy atom. The van der Waals surface area contributed by atoms with E-state index in [1.54, 1.807) is 30.5 Å². The number of sulfonamides is 1. The van der Waals surface area contributed by atoms with Gasteiger partial charge in [0.15, 0.2) is 0 Å². The van der Waals surface area contributed by atoms with Gasteiger partial charge < -0.3 is 10.2 Å². The van der Waals surface area contributed by atoms with Crippen LogP contribution in [-0.2, 0) is 23.0 Å². The molecule has 2 aromatic rings. The molecule has 0 radical (unpaired) electrons. The summed E-state index contributed by atoms with van der Waals surface area (Å²) in [5, 5.41) is 0. The summed E-state index contributed by atoms with van der Waals surface area (Å²) in [6.45, 7) is 2.24. The van der Waals surface area contributed by atoms with Crippen molar-refractivity contribution in [2.24, 2.45) is 5.73 Å². The maximum absolute atomic E-state index is 12.2. The molecule has 1 atom stereocenters. The SMILES string of the molecule is CC(CCc1ccco1)NS(=O)(=O)c1ccc(CN)cc1. The molecule has 0 spiro atoms. The average Bonchev–Trinajstić information content (AvgIpc) is 2.98. The largest absolute Gasteiger partial charge is 0.469 e. The number of aryl methyl sites for hydroxylation is 1. The molecule has 0 aliphatic rings. The van der Waals surface area contributed by atoms with E-state index in [1.807, 2.05) is 19.1 Å². The van der Waals surface area contributed by atoms with Gasteiger partial charge in [0.25, 0.3) is 0 Å². The van der Waals surface area contributed by atoms with Gasteiger partial charge >= 0.3 is 0 Å². The second-order valence-corrected chi connectivity index (χ2v) is 6.70. The highest BCUT2D eigenvalue weighted by molar-refractivity contribution is 7.89. The van der Waals surface area contributed by atoms with Crippen LogP contribution < -0.4 is 10.5 Å². The van der Waals surface area contributed by atoms with E-state index in [9.17, 15) is 8.42 Å². The number of nitrogens with one attached hydrogen (secondary N) is 1. The Labute approximate surface area is 125 Å². The summed E-state index contributed by atoms with van der Waals surface area (Å²) >= 11 is 0. The summed E-state index contributed by atoms with van der Waals surface area (Å²) in [5.41, 5.74) is 6.40. The van der Waals surface area contributed by atoms with Crippen molar-refractivity contribution in [3.8, 4) is 0 Å². The smallest absolute Gasteiger partial charge is 0.240 e. The van der Waals surface area contributed by atoms with E-state index in [2.05, 4.69) is 4.72 Å². The van der Waals surface area contributed by atoms with Crippen molar-refractivity contribution in [2.75, 3.05) is 0 Å². The standard InChI is InChI=1S/C15H20N2O3S/c1-12(4-7-14-3-2-10-20-14)17-21(18,19)15-8-5-13(11-16)6-9-15/h2-3,5-6,8-10,12,17H,4,7,11,16H2,1H3. The van der Waals surface area contributed by atoms with Crippen LogP contribution in [0.5, 0.6) is 0 Å². The lowest BCUT2D eigenvalue weighted by molar-refractivity contribution is 0.480. The summed E-state index contributed by atoms with van der Waals surface area (Å²) in [5.74, 6) is 0.855. The van der Waals surface area contributed by atoms with Crippen LogP contribution >= 0.6 is 0 Å². The number of rotatable bonds is 7. The van der Waals surface area contributed by atoms with Crippen molar-refractivity contribution < 1.29 is 12.8 Å². The van der Waals surface area contributed by atoms with Gasteiger partial charge in [-0.25, -0.2) is 13.1 Å². The van der Waals surface area contributed by atoms with E-state index >= 15 is 0 Å². The van der Waals surface area contributed by atoms with Crippen molar-refractivity contribution in [2.45, 2.75) is 37.2 Å². The Kier molecular flexibility index (Phi) is 5.17. The molecule has 1 unspecified atom stereocenters. The van der Waals surface area contributed by atoms with Crippen LogP contribution in [0.2, 0.25) is 0 Å². The summed E-state index contributed by atoms with van der Waals surface area (Å²) in [7, 11) is -3.50. The third-order valence-electron chi connectivity index (χ3n) is 3.23. The molecule has 114 valence electrons. The van der Waals surface area contributed by atoms with Crippen LogP contribution in [0, 0.1) is 0 Å². The number of furan rings is 1. The summed E-state index contributed by atoms with van der Waals surface area (Å²) in [4.78, 5) is 0.254. The summed E-state index contributed by atoms with van der Waals surface area (Å²) in [6.07, 6.45) is 2.99. The predicted molar refractivity (Wildman–Crippen MR) is 81.1 cm³/mol. The normalized spacial score (nSPS) is 13.2. The minimum Gasteiger partial charge on any atom is -0.469 e. The molecule has 0 fully saturated rings. The van der Waals surface area contributed by atoms with Crippen molar-refractivity contribution in [1.82, 2.24) is 4.72 Å². The highest BCUT2D eigenvalue weighted by Gasteiger charge is 2.17. The van der Waals surface area contributed by atoms with Gasteiger partial charge in [-0.05, 0) is 43.2 Å². The lowest BCUT2D eigenvalue weighted by Gasteiger charge is -2.14. The maximum Gasteiger partial charge on any atom is 0.240 e. The Bertz CT molecular complexity index is 649. The molecule has 21 heavy (non-hydrogen) atoms. The molecular formula is C15H20N2O3S. The van der Waals surface area contributed by atoms with Crippen LogP contribution in [0.25, 0.3) is 0 Å². The van der Waals surface area contributed by atoms with E-state index in [0.29, 0.717) is 19.4 Å². The number of hydrogen-bond donors (Lipinski definition) is 2. The third-order valence-corrected chi connectivity index (χ3v) is 4.83. The first-order chi connectivity index (χ1) is 10.0. The highest BCUT2D eigenvalue weighted by atomic mass is 32.2. The number of nitrogens with two attached hydrogens (primary N) is 1. The van der Waals surface area contributed by atoms with Gasteiger partial charge in [-0.1, -0.05) is 12.1 Å². The molecular weight excluding hydrogens is 288 g/mol. The van der Waals surface area contributed by atoms with E-state index in [-0.39, 0.29) is 10.9 Å². The molecule has 5 nitrogen and oxygen atoms in total. The molecule has 2 rings (SSSR count). The monoisotopic (exact) mass is 308 g/mol. The highest BCUT2D eigenvalue weighted by Crippen LogP contribution is 2.12. The average molecular weight is 308 g/mol. The van der Waals surface area contributed by atoms with E-state index in [1.165, 1.54) is 0 Å². The van der Waals surface area contributed by atoms with Crippen LogP contribution in [0.1, 0.15) is 24.7 Å². The fraction of sp³-hybridized carbons (Fsp3) is 0.333. The van der Waals surface area contributed by atoms with Crippen molar-refractivity contribution in [1.29, 1.82) is 0 Å². The molecule has 3 N–H and O–H groups in total. The molecule has 0 saturated carbocycles. The van der Waals surface area contributed by atoms with Crippen LogP contribution in [0.4, 0.5) is 0 Å². The lowest BCUT2D eigenvalue weighted by atomic mass is 10.2. The zero-order chi connectivity index (χ0) is 15.3. The second kappa shape index (κ2) is 6.89. The molecule has 1 aromatic carbocycles. The fourth-order valence-corrected chi connectivity index (χ4v) is 3.29. The number of hydrogen-bond acceptors (Lipinski definition) is 4. The molecule has 0 aliphatic carbocycles. The van der Waals surface area contributed by atoms with Gasteiger partial charge in [-0.15, -0.1) is 0 Å². The van der Waals surface area contributed by atoms with Crippen LogP contribution in [0.3, 0.4) is 0 Å². The minimum atomic E-state index is -3.50. The van der Waals surface area contributed by atoms with Crippen LogP contribution in [-0.4, -0.2) is 14.5 Å². The fourth-order valence-electron chi connectivity index (χ4n) is 2.01. The van der Waals surface area contributed by atoms with Crippen molar-refractivity contribution in [3.05, 3.63) is 54.0 Å². The van der Waals surface area contributed by atoms with Crippen molar-refractivity contribution >= 4 is 10.0 Å². The molecule has 0 bridgehead atoms. The zero-order valence-corrected chi connectivity index (χ0v) is 12.8. The van der Waals surface area contributed by atoms with Crippen molar-refractivity contribution in [3.63, 3.8) is 0 Å². The molecule has 6 heteroatoms. The number of benzene rings is 1. The van der Waals surface area contributed by atoms with Gasteiger partial charge in [0.1, 0.15) is 5.76 Å². The molecule has 0 amide bonds. The topological polar surface area (TPSA) is 85.3 Å². The van der Waals surface area contributed by atoms with Crippen LogP contribution in [0.15, 0.2) is 52.0 Å². The first kappa shape index (κ1) is 15.8. The molecule has 1 aromatic heterocycles. The van der Waals surface area contributed by atoms with Gasteiger partial charge in [-0.2, -0.15) is 0 Å². The minimum absolute atomic E-state index is 0.172. The predicted octanol–water partition coefficient (Wildman–Crippen LogP) is 2.04. The Hall–Kier alpha value is -1.63. The first-order valence-corrected chi connectivity index (χ1v) is 8.33. The van der Waals surface area contributed by atoms with Gasteiger partial charge in [0, 0.05) is 19.0 Å². The zero-order valence-electron chi connectivity index (χ0n) is 12.0. The van der Waals surface area contributed by atoms with Gasteiger partial charge in [0.2, 0.25) is 10.0 Å². The van der Waals surface area contributed by atoms with Gasteiger partial charge in [-0.3, -0.25) is 0 Å². The van der Waals surface area contributed by atoms with E-state index in [4.69, 9.17) is 10.2 Å². The quantitative estimate of drug-likeness (QED) is 0.819. The Morgan fingerprint density at radius 1 is 1.24 bits per heavy atom. The molecule has 0 saturated heterocycles. The maximum atomic E-state index is 12.2. The summed E-state index contributed by atoms with van der Waals surface area (Å²) < 4.78 is 32.4.